The number of benzene rings is 1. The Kier molecular flexibility index (Phi) is 9.60. The first-order chi connectivity index (χ1) is 12.3. The van der Waals surface area contributed by atoms with E-state index in [1.807, 2.05) is 6.07 Å². The Hall–Kier alpha value is -2.20. The van der Waals surface area contributed by atoms with Crippen molar-refractivity contribution in [3.63, 3.8) is 0 Å². The van der Waals surface area contributed by atoms with Gasteiger partial charge in [0.25, 0.3) is 0 Å². The fourth-order valence-electron chi connectivity index (χ4n) is 1.85. The molecule has 2 amide bonds. The zero-order valence-corrected chi connectivity index (χ0v) is 15.6. The fourth-order valence-corrected chi connectivity index (χ4v) is 4.16. The maximum Gasteiger partial charge on any atom is 0.327 e. The first-order valence-electron chi connectivity index (χ1n) is 7.60. The molecule has 2 atom stereocenters. The lowest BCUT2D eigenvalue weighted by Gasteiger charge is -2.15. The van der Waals surface area contributed by atoms with E-state index in [-0.39, 0.29) is 17.9 Å². The molecule has 0 saturated carbocycles. The predicted molar refractivity (Wildman–Crippen MR) is 99.9 cm³/mol. The van der Waals surface area contributed by atoms with E-state index in [0.29, 0.717) is 0 Å². The quantitative estimate of drug-likeness (QED) is 0.316. The summed E-state index contributed by atoms with van der Waals surface area (Å²) in [4.78, 5) is 45.2. The van der Waals surface area contributed by atoms with E-state index in [0.717, 1.165) is 27.2 Å². The molecule has 0 saturated heterocycles. The van der Waals surface area contributed by atoms with Gasteiger partial charge < -0.3 is 20.8 Å². The molecule has 8 nitrogen and oxygen atoms in total. The van der Waals surface area contributed by atoms with Gasteiger partial charge in [0, 0.05) is 18.4 Å². The van der Waals surface area contributed by atoms with E-state index < -0.39 is 35.8 Å². The van der Waals surface area contributed by atoms with Crippen LogP contribution in [0.4, 0.5) is 0 Å². The Bertz CT molecular complexity index is 641. The van der Waals surface area contributed by atoms with E-state index in [1.165, 1.54) is 6.92 Å². The number of carbonyl (C=O) groups is 4. The summed E-state index contributed by atoms with van der Waals surface area (Å²) in [5, 5.41) is 22.9. The molecule has 1 rings (SSSR count). The molecule has 142 valence electrons. The molecular weight excluding hydrogens is 380 g/mol. The molecule has 0 fully saturated rings. The molecule has 0 aliphatic rings. The summed E-state index contributed by atoms with van der Waals surface area (Å²) in [6, 6.07) is 6.80. The van der Waals surface area contributed by atoms with Crippen LogP contribution in [-0.2, 0) is 25.6 Å². The molecule has 1 aromatic carbocycles. The van der Waals surface area contributed by atoms with Gasteiger partial charge in [-0.15, -0.1) is 0 Å². The average molecular weight is 400 g/mol. The number of aliphatic carboxylic acids is 2. The molecule has 2 unspecified atom stereocenters. The molecule has 0 bridgehead atoms. The molecular formula is C16H20N2O6S2. The van der Waals surface area contributed by atoms with Crippen LogP contribution in [0.15, 0.2) is 30.3 Å². The van der Waals surface area contributed by atoms with E-state index in [4.69, 9.17) is 5.11 Å². The van der Waals surface area contributed by atoms with Gasteiger partial charge >= 0.3 is 11.9 Å². The van der Waals surface area contributed by atoms with Gasteiger partial charge in [0.05, 0.1) is 6.42 Å². The van der Waals surface area contributed by atoms with Crippen molar-refractivity contribution in [2.75, 3.05) is 11.5 Å². The number of amides is 2. The van der Waals surface area contributed by atoms with Crippen LogP contribution in [0.3, 0.4) is 0 Å². The highest BCUT2D eigenvalue weighted by Crippen LogP contribution is 2.23. The third-order valence-electron chi connectivity index (χ3n) is 3.07. The molecule has 0 spiro atoms. The van der Waals surface area contributed by atoms with Crippen molar-refractivity contribution in [2.45, 2.75) is 25.4 Å². The van der Waals surface area contributed by atoms with Crippen molar-refractivity contribution in [3.05, 3.63) is 35.9 Å². The zero-order valence-electron chi connectivity index (χ0n) is 14.0. The summed E-state index contributed by atoms with van der Waals surface area (Å²) in [5.74, 6) is -3.07. The van der Waals surface area contributed by atoms with E-state index in [2.05, 4.69) is 10.6 Å². The van der Waals surface area contributed by atoms with Crippen molar-refractivity contribution in [1.29, 1.82) is 0 Å². The summed E-state index contributed by atoms with van der Waals surface area (Å²) in [7, 11) is 2.23. The number of nitrogens with one attached hydrogen (secondary N) is 2. The number of hydrogen-bond acceptors (Lipinski definition) is 6. The molecule has 0 heterocycles. The Labute approximate surface area is 158 Å². The Morgan fingerprint density at radius 3 is 1.88 bits per heavy atom. The molecule has 10 heteroatoms. The van der Waals surface area contributed by atoms with E-state index in [1.54, 1.807) is 24.3 Å². The number of carboxylic acids is 2. The number of carboxylic acid groups (broad SMARTS) is 2. The minimum atomic E-state index is -1.17. The normalized spacial score (nSPS) is 12.7. The Morgan fingerprint density at radius 2 is 1.42 bits per heavy atom. The first kappa shape index (κ1) is 21.8. The second-order valence-corrected chi connectivity index (χ2v) is 7.83. The van der Waals surface area contributed by atoms with Crippen LogP contribution in [0, 0.1) is 0 Å². The maximum atomic E-state index is 12.0. The lowest BCUT2D eigenvalue weighted by molar-refractivity contribution is -0.141. The van der Waals surface area contributed by atoms with Crippen molar-refractivity contribution < 1.29 is 29.4 Å². The number of carbonyl (C=O) groups excluding carboxylic acids is 2. The third-order valence-corrected chi connectivity index (χ3v) is 5.49. The van der Waals surface area contributed by atoms with Crippen molar-refractivity contribution in [2.24, 2.45) is 0 Å². The van der Waals surface area contributed by atoms with Crippen molar-refractivity contribution >= 4 is 45.3 Å². The summed E-state index contributed by atoms with van der Waals surface area (Å²) >= 11 is 0. The lowest BCUT2D eigenvalue weighted by Crippen LogP contribution is -2.43. The second-order valence-electron chi connectivity index (χ2n) is 5.28. The van der Waals surface area contributed by atoms with Gasteiger partial charge in [0.15, 0.2) is 0 Å². The van der Waals surface area contributed by atoms with Gasteiger partial charge in [-0.25, -0.2) is 9.59 Å². The van der Waals surface area contributed by atoms with Crippen LogP contribution in [0.25, 0.3) is 0 Å². The zero-order chi connectivity index (χ0) is 19.5. The molecule has 0 aliphatic heterocycles. The van der Waals surface area contributed by atoms with Crippen LogP contribution in [-0.4, -0.2) is 57.6 Å². The molecule has 0 aromatic heterocycles. The molecule has 26 heavy (non-hydrogen) atoms. The second kappa shape index (κ2) is 11.4. The highest BCUT2D eigenvalue weighted by Gasteiger charge is 2.22. The molecule has 0 radical (unpaired) electrons. The van der Waals surface area contributed by atoms with Gasteiger partial charge in [0.1, 0.15) is 12.1 Å². The Morgan fingerprint density at radius 1 is 0.923 bits per heavy atom. The van der Waals surface area contributed by atoms with Crippen LogP contribution in [0.1, 0.15) is 12.5 Å². The summed E-state index contributed by atoms with van der Waals surface area (Å²) in [5.41, 5.74) is 0.774. The molecule has 4 N–H and O–H groups in total. The van der Waals surface area contributed by atoms with Crippen molar-refractivity contribution in [1.82, 2.24) is 10.6 Å². The van der Waals surface area contributed by atoms with Gasteiger partial charge in [0.2, 0.25) is 11.8 Å². The summed E-state index contributed by atoms with van der Waals surface area (Å²) in [6.07, 6.45) is 0.0754. The maximum absolute atomic E-state index is 12.0. The Balaban J connectivity index is 2.43. The van der Waals surface area contributed by atoms with Crippen LogP contribution >= 0.6 is 21.6 Å². The van der Waals surface area contributed by atoms with Crippen molar-refractivity contribution in [3.8, 4) is 0 Å². The van der Waals surface area contributed by atoms with E-state index in [9.17, 15) is 24.3 Å². The first-order valence-corrected chi connectivity index (χ1v) is 10.1. The smallest absolute Gasteiger partial charge is 0.327 e. The summed E-state index contributed by atoms with van der Waals surface area (Å²) in [6.45, 7) is 1.22. The lowest BCUT2D eigenvalue weighted by atomic mass is 10.1. The monoisotopic (exact) mass is 400 g/mol. The predicted octanol–water partition coefficient (Wildman–Crippen LogP) is 0.769. The van der Waals surface area contributed by atoms with Gasteiger partial charge in [-0.3, -0.25) is 9.59 Å². The number of hydrogen-bond donors (Lipinski definition) is 4. The van der Waals surface area contributed by atoms with Crippen LogP contribution in [0.2, 0.25) is 0 Å². The standard InChI is InChI=1S/C16H20N2O6S2/c1-10(19)17-12(15(21)22)8-25-26-9-13(16(23)24)18-14(20)7-11-5-3-2-4-6-11/h2-6,12-13H,7-9H2,1H3,(H,17,19)(H,18,20)(H,21,22)(H,23,24). The largest absolute Gasteiger partial charge is 0.480 e. The number of rotatable bonds is 11. The highest BCUT2D eigenvalue weighted by molar-refractivity contribution is 8.76. The summed E-state index contributed by atoms with van der Waals surface area (Å²) < 4.78 is 0. The fraction of sp³-hybridized carbons (Fsp3) is 0.375. The van der Waals surface area contributed by atoms with Gasteiger partial charge in [-0.2, -0.15) is 0 Å². The van der Waals surface area contributed by atoms with Crippen LogP contribution in [0.5, 0.6) is 0 Å². The topological polar surface area (TPSA) is 133 Å². The van der Waals surface area contributed by atoms with Crippen LogP contribution < -0.4 is 10.6 Å². The minimum absolute atomic E-state index is 0.0624. The molecule has 1 aromatic rings. The average Bonchev–Trinajstić information content (AvgIpc) is 2.56. The molecule has 0 aliphatic carbocycles. The van der Waals surface area contributed by atoms with E-state index >= 15 is 0 Å². The SMILES string of the molecule is CC(=O)NC(CSSCC(NC(=O)Cc1ccccc1)C(=O)O)C(=O)O. The third kappa shape index (κ3) is 8.77. The van der Waals surface area contributed by atoms with Gasteiger partial charge in [-0.1, -0.05) is 51.9 Å². The highest BCUT2D eigenvalue weighted by atomic mass is 33.1. The van der Waals surface area contributed by atoms with Gasteiger partial charge in [-0.05, 0) is 5.56 Å². The minimum Gasteiger partial charge on any atom is -0.480 e.